The van der Waals surface area contributed by atoms with Crippen molar-refractivity contribution in [1.82, 2.24) is 9.97 Å². The fourth-order valence-corrected chi connectivity index (χ4v) is 3.17. The Balaban J connectivity index is 2.20. The summed E-state index contributed by atoms with van der Waals surface area (Å²) in [6, 6.07) is 8.72. The van der Waals surface area contributed by atoms with Gasteiger partial charge in [0.25, 0.3) is 0 Å². The Bertz CT molecular complexity index is 1010. The molecular weight excluding hydrogens is 352 g/mol. The van der Waals surface area contributed by atoms with Gasteiger partial charge < -0.3 is 10.1 Å². The van der Waals surface area contributed by atoms with Crippen LogP contribution in [0.25, 0.3) is 10.9 Å². The van der Waals surface area contributed by atoms with Crippen LogP contribution >= 0.6 is 11.6 Å². The molecule has 0 saturated heterocycles. The highest BCUT2D eigenvalue weighted by Gasteiger charge is 2.27. The first kappa shape index (κ1) is 18.1. The molecule has 0 fully saturated rings. The molecule has 3 rings (SSSR count). The van der Waals surface area contributed by atoms with Crippen molar-refractivity contribution >= 4 is 34.3 Å². The van der Waals surface area contributed by atoms with Crippen LogP contribution in [-0.2, 0) is 4.79 Å². The zero-order valence-corrected chi connectivity index (χ0v) is 15.5. The summed E-state index contributed by atoms with van der Waals surface area (Å²) in [6.45, 7) is 5.63. The van der Waals surface area contributed by atoms with Crippen LogP contribution in [0.1, 0.15) is 59.9 Å². The van der Waals surface area contributed by atoms with Crippen LogP contribution in [0.4, 0.5) is 0 Å². The lowest BCUT2D eigenvalue weighted by molar-refractivity contribution is -0.138. The van der Waals surface area contributed by atoms with E-state index in [-0.39, 0.29) is 23.1 Å². The highest BCUT2D eigenvalue weighted by molar-refractivity contribution is 6.31. The molecular formula is C20H19ClN2O3. The van der Waals surface area contributed by atoms with E-state index in [1.165, 1.54) is 0 Å². The first-order valence-electron chi connectivity index (χ1n) is 8.34. The number of benzene rings is 1. The number of hydrogen-bond acceptors (Lipinski definition) is 3. The number of rotatable bonds is 5. The Morgan fingerprint density at radius 2 is 1.88 bits per heavy atom. The average molecular weight is 371 g/mol. The van der Waals surface area contributed by atoms with Crippen LogP contribution in [0.3, 0.4) is 0 Å². The van der Waals surface area contributed by atoms with Crippen molar-refractivity contribution in [3.63, 3.8) is 0 Å². The molecule has 1 atom stereocenters. The van der Waals surface area contributed by atoms with E-state index in [9.17, 15) is 14.7 Å². The normalized spacial score (nSPS) is 12.5. The number of ketones is 1. The maximum absolute atomic E-state index is 13.1. The summed E-state index contributed by atoms with van der Waals surface area (Å²) in [7, 11) is 0. The van der Waals surface area contributed by atoms with Gasteiger partial charge in [-0.3, -0.25) is 14.6 Å². The number of H-pyrrole nitrogens is 1. The summed E-state index contributed by atoms with van der Waals surface area (Å²) in [5, 5.41) is 10.7. The smallest absolute Gasteiger partial charge is 0.310 e. The number of nitrogens with one attached hydrogen (secondary N) is 1. The number of fused-ring (bicyclic) bond motifs is 1. The van der Waals surface area contributed by atoms with Crippen molar-refractivity contribution in [2.45, 2.75) is 32.6 Å². The first-order valence-corrected chi connectivity index (χ1v) is 8.72. The second-order valence-electron chi connectivity index (χ2n) is 6.62. The third-order valence-electron chi connectivity index (χ3n) is 4.51. The summed E-state index contributed by atoms with van der Waals surface area (Å²) >= 11 is 6.04. The van der Waals surface area contributed by atoms with Gasteiger partial charge in [-0.15, -0.1) is 0 Å². The largest absolute Gasteiger partial charge is 0.481 e. The predicted octanol–water partition coefficient (Wildman–Crippen LogP) is 4.76. The van der Waals surface area contributed by atoms with E-state index in [0.717, 1.165) is 5.56 Å². The second-order valence-corrected chi connectivity index (χ2v) is 7.06. The number of aliphatic carboxylic acids is 1. The Morgan fingerprint density at radius 3 is 2.54 bits per heavy atom. The van der Waals surface area contributed by atoms with Crippen molar-refractivity contribution in [3.8, 4) is 0 Å². The lowest BCUT2D eigenvalue weighted by Gasteiger charge is -2.10. The van der Waals surface area contributed by atoms with E-state index < -0.39 is 11.9 Å². The van der Waals surface area contributed by atoms with Gasteiger partial charge in [-0.1, -0.05) is 31.5 Å². The van der Waals surface area contributed by atoms with Gasteiger partial charge in [0, 0.05) is 27.7 Å². The SMILES string of the molecule is CC(C)c1ccnc(C(=O)c2[nH]c3cc(Cl)ccc3c2C(C)C(=O)O)c1. The quantitative estimate of drug-likeness (QED) is 0.634. The number of carboxylic acids is 1. The number of aromatic nitrogens is 2. The fourth-order valence-electron chi connectivity index (χ4n) is 3.00. The van der Waals surface area contributed by atoms with Gasteiger partial charge in [-0.05, 0) is 42.7 Å². The van der Waals surface area contributed by atoms with Crippen molar-refractivity contribution in [1.29, 1.82) is 0 Å². The Labute approximate surface area is 156 Å². The van der Waals surface area contributed by atoms with E-state index in [1.807, 2.05) is 19.9 Å². The van der Waals surface area contributed by atoms with Crippen LogP contribution in [-0.4, -0.2) is 26.8 Å². The minimum absolute atomic E-state index is 0.241. The first-order chi connectivity index (χ1) is 12.3. The molecule has 0 radical (unpaired) electrons. The molecule has 0 aliphatic heterocycles. The molecule has 6 heteroatoms. The van der Waals surface area contributed by atoms with Gasteiger partial charge in [0.05, 0.1) is 11.6 Å². The molecule has 1 unspecified atom stereocenters. The van der Waals surface area contributed by atoms with E-state index in [2.05, 4.69) is 9.97 Å². The average Bonchev–Trinajstić information content (AvgIpc) is 2.98. The molecule has 2 N–H and O–H groups in total. The van der Waals surface area contributed by atoms with Crippen LogP contribution in [0.5, 0.6) is 0 Å². The summed E-state index contributed by atoms with van der Waals surface area (Å²) in [5.41, 5.74) is 2.60. The molecule has 2 aromatic heterocycles. The number of pyridine rings is 1. The molecule has 3 aromatic rings. The van der Waals surface area contributed by atoms with Crippen LogP contribution in [0.15, 0.2) is 36.5 Å². The van der Waals surface area contributed by atoms with Crippen molar-refractivity contribution < 1.29 is 14.7 Å². The number of carbonyl (C=O) groups excluding carboxylic acids is 1. The maximum atomic E-state index is 13.1. The number of hydrogen-bond donors (Lipinski definition) is 2. The number of nitrogens with zero attached hydrogens (tertiary/aromatic N) is 1. The van der Waals surface area contributed by atoms with Gasteiger partial charge >= 0.3 is 5.97 Å². The van der Waals surface area contributed by atoms with E-state index in [1.54, 1.807) is 37.4 Å². The summed E-state index contributed by atoms with van der Waals surface area (Å²) in [4.78, 5) is 31.9. The Morgan fingerprint density at radius 1 is 1.15 bits per heavy atom. The third kappa shape index (κ3) is 3.22. The fraction of sp³-hybridized carbons (Fsp3) is 0.250. The number of aromatic amines is 1. The predicted molar refractivity (Wildman–Crippen MR) is 101 cm³/mol. The molecule has 0 saturated carbocycles. The molecule has 0 spiro atoms. The summed E-state index contributed by atoms with van der Waals surface area (Å²) < 4.78 is 0. The molecule has 134 valence electrons. The van der Waals surface area contributed by atoms with Gasteiger partial charge in [-0.2, -0.15) is 0 Å². The molecule has 0 amide bonds. The van der Waals surface area contributed by atoms with E-state index >= 15 is 0 Å². The monoisotopic (exact) mass is 370 g/mol. The molecule has 2 heterocycles. The molecule has 5 nitrogen and oxygen atoms in total. The van der Waals surface area contributed by atoms with Gasteiger partial charge in [-0.25, -0.2) is 0 Å². The minimum Gasteiger partial charge on any atom is -0.481 e. The maximum Gasteiger partial charge on any atom is 0.310 e. The zero-order chi connectivity index (χ0) is 19.0. The van der Waals surface area contributed by atoms with Crippen LogP contribution in [0.2, 0.25) is 5.02 Å². The van der Waals surface area contributed by atoms with Crippen molar-refractivity contribution in [2.75, 3.05) is 0 Å². The zero-order valence-electron chi connectivity index (χ0n) is 14.7. The lowest BCUT2D eigenvalue weighted by atomic mass is 9.94. The van der Waals surface area contributed by atoms with Crippen molar-refractivity contribution in [3.05, 3.63) is 64.1 Å². The second kappa shape index (κ2) is 6.92. The number of halogens is 1. The minimum atomic E-state index is -1.00. The van der Waals surface area contributed by atoms with Crippen LogP contribution < -0.4 is 0 Å². The molecule has 0 bridgehead atoms. The molecule has 0 aliphatic rings. The van der Waals surface area contributed by atoms with Gasteiger partial charge in [0.15, 0.2) is 0 Å². The molecule has 0 aliphatic carbocycles. The van der Waals surface area contributed by atoms with E-state index in [4.69, 9.17) is 11.6 Å². The topological polar surface area (TPSA) is 83.0 Å². The summed E-state index contributed by atoms with van der Waals surface area (Å²) in [5.74, 6) is -1.93. The molecule has 1 aromatic carbocycles. The van der Waals surface area contributed by atoms with Gasteiger partial charge in [0.1, 0.15) is 5.69 Å². The number of carboxylic acid groups (broad SMARTS) is 1. The Kier molecular flexibility index (Phi) is 4.83. The lowest BCUT2D eigenvalue weighted by Crippen LogP contribution is -2.14. The molecule has 26 heavy (non-hydrogen) atoms. The van der Waals surface area contributed by atoms with E-state index in [0.29, 0.717) is 21.5 Å². The van der Waals surface area contributed by atoms with Crippen molar-refractivity contribution in [2.24, 2.45) is 0 Å². The third-order valence-corrected chi connectivity index (χ3v) is 4.75. The highest BCUT2D eigenvalue weighted by atomic mass is 35.5. The highest BCUT2D eigenvalue weighted by Crippen LogP contribution is 2.32. The van der Waals surface area contributed by atoms with Gasteiger partial charge in [0.2, 0.25) is 5.78 Å². The standard InChI is InChI=1S/C20H19ClN2O3/c1-10(2)12-6-7-22-16(8-12)19(24)18-17(11(3)20(25)26)14-5-4-13(21)9-15(14)23-18/h4-11,23H,1-3H3,(H,25,26). The summed E-state index contributed by atoms with van der Waals surface area (Å²) in [6.07, 6.45) is 1.60. The number of carbonyl (C=O) groups is 2. The Hall–Kier alpha value is -2.66. The van der Waals surface area contributed by atoms with Crippen LogP contribution in [0, 0.1) is 0 Å².